The minimum atomic E-state index is 0.646. The van der Waals surface area contributed by atoms with Gasteiger partial charge in [-0.15, -0.1) is 0 Å². The standard InChI is InChI=1S/C26H23N3O2/c1-27-31-24-13-14-25(28-18-16-24)26-19-21(15-17-29-26)8-7-20-9-11-23(12-10-20)30-22-5-3-2-4-6-22/h2-13,15-19,27H,14H2,1H3/b8-7+. The van der Waals surface area contributed by atoms with Crippen molar-refractivity contribution in [2.75, 3.05) is 7.05 Å². The number of nitrogens with zero attached hydrogens (tertiary/aromatic N) is 2. The summed E-state index contributed by atoms with van der Waals surface area (Å²) in [5.41, 5.74) is 6.56. The van der Waals surface area contributed by atoms with Crippen LogP contribution in [0.4, 0.5) is 0 Å². The molecule has 0 aliphatic carbocycles. The molecule has 0 fully saturated rings. The minimum absolute atomic E-state index is 0.646. The highest BCUT2D eigenvalue weighted by molar-refractivity contribution is 6.01. The third-order valence-corrected chi connectivity index (χ3v) is 4.59. The van der Waals surface area contributed by atoms with Crippen LogP contribution in [0, 0.1) is 0 Å². The Bertz CT molecular complexity index is 1130. The van der Waals surface area contributed by atoms with Crippen LogP contribution in [0.2, 0.25) is 0 Å². The molecule has 0 radical (unpaired) electrons. The highest BCUT2D eigenvalue weighted by Crippen LogP contribution is 2.22. The Hall–Kier alpha value is -3.96. The van der Waals surface area contributed by atoms with Gasteiger partial charge in [0.1, 0.15) is 17.3 Å². The third kappa shape index (κ3) is 5.78. The molecule has 5 nitrogen and oxygen atoms in total. The molecule has 2 heterocycles. The molecule has 5 heteroatoms. The first-order chi connectivity index (χ1) is 15.3. The van der Waals surface area contributed by atoms with Gasteiger partial charge in [-0.25, -0.2) is 0 Å². The lowest BCUT2D eigenvalue weighted by Crippen LogP contribution is -2.06. The Morgan fingerprint density at radius 3 is 2.48 bits per heavy atom. The molecular weight excluding hydrogens is 386 g/mol. The van der Waals surface area contributed by atoms with Crippen molar-refractivity contribution in [3.05, 3.63) is 114 Å². The van der Waals surface area contributed by atoms with Crippen molar-refractivity contribution in [1.29, 1.82) is 0 Å². The molecule has 1 aliphatic rings. The van der Waals surface area contributed by atoms with E-state index < -0.39 is 0 Å². The molecule has 1 N–H and O–H groups in total. The first-order valence-corrected chi connectivity index (χ1v) is 10.0. The molecule has 0 saturated heterocycles. The summed E-state index contributed by atoms with van der Waals surface area (Å²) in [5.74, 6) is 2.37. The van der Waals surface area contributed by atoms with Crippen molar-refractivity contribution in [3.8, 4) is 11.5 Å². The molecule has 154 valence electrons. The van der Waals surface area contributed by atoms with Gasteiger partial charge in [-0.2, -0.15) is 5.48 Å². The summed E-state index contributed by atoms with van der Waals surface area (Å²) < 4.78 is 5.84. The molecule has 2 aromatic carbocycles. The Morgan fingerprint density at radius 1 is 0.903 bits per heavy atom. The molecule has 0 amide bonds. The van der Waals surface area contributed by atoms with Crippen LogP contribution in [-0.2, 0) is 4.84 Å². The number of ether oxygens (including phenoxy) is 1. The maximum Gasteiger partial charge on any atom is 0.145 e. The molecule has 1 aliphatic heterocycles. The fraction of sp³-hybridized carbons (Fsp3) is 0.0769. The average Bonchev–Trinajstić information content (AvgIpc) is 3.06. The summed E-state index contributed by atoms with van der Waals surface area (Å²) in [4.78, 5) is 14.3. The second kappa shape index (κ2) is 10.2. The number of hydrogen-bond acceptors (Lipinski definition) is 5. The number of aliphatic imine (C=N–C) groups is 1. The number of para-hydroxylation sites is 1. The van der Waals surface area contributed by atoms with Crippen LogP contribution in [0.5, 0.6) is 11.5 Å². The van der Waals surface area contributed by atoms with Crippen molar-refractivity contribution >= 4 is 17.9 Å². The van der Waals surface area contributed by atoms with E-state index in [1.165, 1.54) is 0 Å². The van der Waals surface area contributed by atoms with Crippen LogP contribution in [-0.4, -0.2) is 17.7 Å². The van der Waals surface area contributed by atoms with Gasteiger partial charge in [0.15, 0.2) is 0 Å². The largest absolute Gasteiger partial charge is 0.457 e. The van der Waals surface area contributed by atoms with Gasteiger partial charge in [0.25, 0.3) is 0 Å². The van der Waals surface area contributed by atoms with Crippen molar-refractivity contribution < 1.29 is 9.57 Å². The molecule has 31 heavy (non-hydrogen) atoms. The highest BCUT2D eigenvalue weighted by Gasteiger charge is 2.07. The quantitative estimate of drug-likeness (QED) is 0.502. The van der Waals surface area contributed by atoms with Crippen molar-refractivity contribution in [2.24, 2.45) is 4.99 Å². The van der Waals surface area contributed by atoms with Gasteiger partial charge >= 0.3 is 0 Å². The van der Waals surface area contributed by atoms with E-state index in [0.29, 0.717) is 6.42 Å². The van der Waals surface area contributed by atoms with E-state index in [9.17, 15) is 0 Å². The van der Waals surface area contributed by atoms with E-state index in [4.69, 9.17) is 9.57 Å². The monoisotopic (exact) mass is 409 g/mol. The van der Waals surface area contributed by atoms with Gasteiger partial charge in [0.2, 0.25) is 0 Å². The maximum atomic E-state index is 5.84. The molecule has 1 aromatic heterocycles. The van der Waals surface area contributed by atoms with Crippen molar-refractivity contribution in [2.45, 2.75) is 6.42 Å². The Labute approximate surface area is 182 Å². The first-order valence-electron chi connectivity index (χ1n) is 10.0. The summed E-state index contributed by atoms with van der Waals surface area (Å²) in [6, 6.07) is 21.8. The predicted octanol–water partition coefficient (Wildman–Crippen LogP) is 5.79. The number of allylic oxidation sites excluding steroid dienone is 2. The van der Waals surface area contributed by atoms with Gasteiger partial charge in [-0.1, -0.05) is 42.5 Å². The Kier molecular flexibility index (Phi) is 6.67. The SMILES string of the molecule is CNOC1=CCC(c2cc(/C=C/c3ccc(Oc4ccccc4)cc3)ccn2)=NC=C1. The minimum Gasteiger partial charge on any atom is -0.457 e. The van der Waals surface area contributed by atoms with E-state index in [0.717, 1.165) is 39.8 Å². The van der Waals surface area contributed by atoms with Crippen LogP contribution >= 0.6 is 0 Å². The highest BCUT2D eigenvalue weighted by atomic mass is 16.6. The summed E-state index contributed by atoms with van der Waals surface area (Å²) in [6.07, 6.45) is 12.1. The zero-order valence-electron chi connectivity index (χ0n) is 17.2. The topological polar surface area (TPSA) is 55.7 Å². The van der Waals surface area contributed by atoms with E-state index in [2.05, 4.69) is 27.6 Å². The van der Waals surface area contributed by atoms with Crippen LogP contribution < -0.4 is 10.2 Å². The normalized spacial score (nSPS) is 13.5. The van der Waals surface area contributed by atoms with E-state index in [1.54, 1.807) is 19.4 Å². The first kappa shape index (κ1) is 20.3. The number of hydrogen-bond donors (Lipinski definition) is 1. The number of hydroxylamine groups is 1. The van der Waals surface area contributed by atoms with Crippen molar-refractivity contribution in [3.63, 3.8) is 0 Å². The van der Waals surface area contributed by atoms with E-state index in [1.807, 2.05) is 78.9 Å². The number of pyridine rings is 1. The number of nitrogens with one attached hydrogen (secondary N) is 1. The fourth-order valence-electron chi connectivity index (χ4n) is 3.06. The predicted molar refractivity (Wildman–Crippen MR) is 125 cm³/mol. The average molecular weight is 409 g/mol. The number of rotatable bonds is 7. The van der Waals surface area contributed by atoms with Crippen LogP contribution in [0.1, 0.15) is 23.2 Å². The zero-order chi connectivity index (χ0) is 21.3. The van der Waals surface area contributed by atoms with Gasteiger partial charge in [-0.3, -0.25) is 9.98 Å². The lowest BCUT2D eigenvalue weighted by atomic mass is 10.1. The Balaban J connectivity index is 1.43. The van der Waals surface area contributed by atoms with Crippen molar-refractivity contribution in [1.82, 2.24) is 10.5 Å². The van der Waals surface area contributed by atoms with E-state index in [-0.39, 0.29) is 0 Å². The van der Waals surface area contributed by atoms with Gasteiger partial charge in [0.05, 0.1) is 11.4 Å². The van der Waals surface area contributed by atoms with Crippen LogP contribution in [0.15, 0.2) is 102 Å². The molecule has 4 rings (SSSR count). The lowest BCUT2D eigenvalue weighted by Gasteiger charge is -2.05. The molecule has 0 bridgehead atoms. The lowest BCUT2D eigenvalue weighted by molar-refractivity contribution is 0.136. The van der Waals surface area contributed by atoms with Gasteiger partial charge in [0, 0.05) is 31.9 Å². The zero-order valence-corrected chi connectivity index (χ0v) is 17.2. The maximum absolute atomic E-state index is 5.84. The molecule has 0 unspecified atom stereocenters. The second-order valence-corrected chi connectivity index (χ2v) is 6.80. The molecule has 0 spiro atoms. The molecular formula is C26H23N3O2. The second-order valence-electron chi connectivity index (χ2n) is 6.80. The smallest absolute Gasteiger partial charge is 0.145 e. The van der Waals surface area contributed by atoms with Crippen LogP contribution in [0.3, 0.4) is 0 Å². The van der Waals surface area contributed by atoms with E-state index >= 15 is 0 Å². The summed E-state index contributed by atoms with van der Waals surface area (Å²) in [5, 5.41) is 0. The fourth-order valence-corrected chi connectivity index (χ4v) is 3.06. The molecule has 0 atom stereocenters. The molecule has 0 saturated carbocycles. The third-order valence-electron chi connectivity index (χ3n) is 4.59. The summed E-state index contributed by atoms with van der Waals surface area (Å²) in [7, 11) is 1.72. The molecule has 3 aromatic rings. The summed E-state index contributed by atoms with van der Waals surface area (Å²) >= 11 is 0. The summed E-state index contributed by atoms with van der Waals surface area (Å²) in [6.45, 7) is 0. The van der Waals surface area contributed by atoms with Gasteiger partial charge in [-0.05, 0) is 53.6 Å². The number of aromatic nitrogens is 1. The Morgan fingerprint density at radius 2 is 1.68 bits per heavy atom. The van der Waals surface area contributed by atoms with Crippen LogP contribution in [0.25, 0.3) is 12.2 Å². The number of benzene rings is 2. The van der Waals surface area contributed by atoms with Gasteiger partial charge < -0.3 is 9.57 Å².